The van der Waals surface area contributed by atoms with Crippen LogP contribution in [0.3, 0.4) is 0 Å². The summed E-state index contributed by atoms with van der Waals surface area (Å²) in [5.41, 5.74) is 16.5. The molecule has 0 saturated carbocycles. The number of aryl methyl sites for hydroxylation is 2. The fourth-order valence-electron chi connectivity index (χ4n) is 5.30. The molecule has 0 amide bonds. The van der Waals surface area contributed by atoms with Crippen molar-refractivity contribution in [2.75, 3.05) is 24.3 Å². The minimum absolute atomic E-state index is 0.160. The molecule has 6 heteroatoms. The van der Waals surface area contributed by atoms with E-state index in [1.807, 2.05) is 26.1 Å². The van der Waals surface area contributed by atoms with Gasteiger partial charge in [0, 0.05) is 38.3 Å². The molecule has 1 unspecified atom stereocenters. The SMILES string of the molecule is CCC1CN(Cc2cc([C@@H](CC)c3ccc(N(C)N)c(N)c3C)ccc2C)Cc2nc(C)ccc2O1. The molecule has 6 nitrogen and oxygen atoms in total. The van der Waals surface area contributed by atoms with Crippen LogP contribution in [0.4, 0.5) is 11.4 Å². The number of ether oxygens (including phenoxy) is 1. The Labute approximate surface area is 216 Å². The van der Waals surface area contributed by atoms with E-state index in [1.54, 1.807) is 5.01 Å². The van der Waals surface area contributed by atoms with Crippen LogP contribution in [-0.2, 0) is 13.1 Å². The minimum atomic E-state index is 0.160. The number of benzene rings is 2. The van der Waals surface area contributed by atoms with Crippen LogP contribution in [0.25, 0.3) is 0 Å². The number of anilines is 2. The zero-order chi connectivity index (χ0) is 26.0. The first kappa shape index (κ1) is 26.0. The van der Waals surface area contributed by atoms with E-state index in [-0.39, 0.29) is 12.0 Å². The lowest BCUT2D eigenvalue weighted by atomic mass is 9.84. The molecule has 0 radical (unpaired) electrons. The molecule has 192 valence electrons. The molecule has 4 N–H and O–H groups in total. The Hall–Kier alpha value is -3.09. The van der Waals surface area contributed by atoms with Crippen molar-refractivity contribution in [3.63, 3.8) is 0 Å². The first-order valence-corrected chi connectivity index (χ1v) is 13.0. The molecule has 4 rings (SSSR count). The topological polar surface area (TPSA) is 80.6 Å². The maximum Gasteiger partial charge on any atom is 0.142 e. The summed E-state index contributed by atoms with van der Waals surface area (Å²) < 4.78 is 6.32. The lowest BCUT2D eigenvalue weighted by molar-refractivity contribution is 0.139. The number of hydrogen-bond donors (Lipinski definition) is 2. The van der Waals surface area contributed by atoms with Crippen molar-refractivity contribution in [3.05, 3.63) is 81.7 Å². The van der Waals surface area contributed by atoms with Crippen molar-refractivity contribution in [3.8, 4) is 5.75 Å². The summed E-state index contributed by atoms with van der Waals surface area (Å²) in [7, 11) is 1.82. The molecule has 0 fully saturated rings. The average Bonchev–Trinajstić information content (AvgIpc) is 3.02. The van der Waals surface area contributed by atoms with Crippen LogP contribution < -0.4 is 21.3 Å². The first-order chi connectivity index (χ1) is 17.2. The van der Waals surface area contributed by atoms with Gasteiger partial charge in [-0.3, -0.25) is 9.88 Å². The lowest BCUT2D eigenvalue weighted by Crippen LogP contribution is -2.32. The molecular formula is C30H41N5O. The first-order valence-electron chi connectivity index (χ1n) is 13.0. The molecule has 2 aromatic carbocycles. The van der Waals surface area contributed by atoms with E-state index < -0.39 is 0 Å². The number of rotatable bonds is 7. The van der Waals surface area contributed by atoms with Crippen molar-refractivity contribution in [1.29, 1.82) is 0 Å². The highest BCUT2D eigenvalue weighted by atomic mass is 16.5. The van der Waals surface area contributed by atoms with E-state index in [9.17, 15) is 0 Å². The van der Waals surface area contributed by atoms with E-state index in [0.717, 1.165) is 66.6 Å². The van der Waals surface area contributed by atoms with Gasteiger partial charge in [-0.1, -0.05) is 38.1 Å². The molecule has 3 aromatic rings. The predicted molar refractivity (Wildman–Crippen MR) is 149 cm³/mol. The molecular weight excluding hydrogens is 446 g/mol. The van der Waals surface area contributed by atoms with E-state index >= 15 is 0 Å². The summed E-state index contributed by atoms with van der Waals surface area (Å²) in [6, 6.07) is 15.2. The Morgan fingerprint density at radius 1 is 1.11 bits per heavy atom. The Kier molecular flexibility index (Phi) is 7.86. The van der Waals surface area contributed by atoms with Gasteiger partial charge >= 0.3 is 0 Å². The summed E-state index contributed by atoms with van der Waals surface area (Å²) in [6.07, 6.45) is 2.12. The summed E-state index contributed by atoms with van der Waals surface area (Å²) in [5.74, 6) is 7.17. The number of nitrogen functional groups attached to an aromatic ring is 1. The van der Waals surface area contributed by atoms with Gasteiger partial charge in [0.25, 0.3) is 0 Å². The summed E-state index contributed by atoms with van der Waals surface area (Å²) >= 11 is 0. The van der Waals surface area contributed by atoms with E-state index in [2.05, 4.69) is 62.9 Å². The van der Waals surface area contributed by atoms with Crippen molar-refractivity contribution < 1.29 is 4.74 Å². The van der Waals surface area contributed by atoms with Crippen LogP contribution in [0.2, 0.25) is 0 Å². The fourth-order valence-corrected chi connectivity index (χ4v) is 5.30. The molecule has 2 atom stereocenters. The third-order valence-corrected chi connectivity index (χ3v) is 7.52. The molecule has 0 aliphatic carbocycles. The zero-order valence-electron chi connectivity index (χ0n) is 22.6. The van der Waals surface area contributed by atoms with Crippen molar-refractivity contribution in [2.45, 2.75) is 72.6 Å². The van der Waals surface area contributed by atoms with Crippen LogP contribution in [0, 0.1) is 20.8 Å². The quantitative estimate of drug-likeness (QED) is 0.256. The minimum Gasteiger partial charge on any atom is -0.487 e. The monoisotopic (exact) mass is 487 g/mol. The second-order valence-corrected chi connectivity index (χ2v) is 10.2. The molecule has 36 heavy (non-hydrogen) atoms. The van der Waals surface area contributed by atoms with Crippen molar-refractivity contribution >= 4 is 11.4 Å². The number of hydrazine groups is 1. The van der Waals surface area contributed by atoms with Crippen molar-refractivity contribution in [2.24, 2.45) is 5.84 Å². The maximum absolute atomic E-state index is 6.48. The average molecular weight is 488 g/mol. The van der Waals surface area contributed by atoms with Crippen LogP contribution in [0.1, 0.15) is 71.8 Å². The Balaban J connectivity index is 1.65. The van der Waals surface area contributed by atoms with Gasteiger partial charge in [0.1, 0.15) is 11.9 Å². The highest BCUT2D eigenvalue weighted by Crippen LogP contribution is 2.37. The number of fused-ring (bicyclic) bond motifs is 1. The molecule has 1 aliphatic rings. The van der Waals surface area contributed by atoms with Gasteiger partial charge < -0.3 is 15.5 Å². The van der Waals surface area contributed by atoms with Gasteiger partial charge in [0.05, 0.1) is 17.1 Å². The summed E-state index contributed by atoms with van der Waals surface area (Å²) in [6.45, 7) is 13.3. The number of pyridine rings is 1. The third-order valence-electron chi connectivity index (χ3n) is 7.52. The third kappa shape index (κ3) is 5.35. The highest BCUT2D eigenvalue weighted by molar-refractivity contribution is 5.72. The van der Waals surface area contributed by atoms with Crippen LogP contribution >= 0.6 is 0 Å². The number of hydrogen-bond acceptors (Lipinski definition) is 6. The molecule has 1 aliphatic heterocycles. The molecule has 0 spiro atoms. The maximum atomic E-state index is 6.48. The second kappa shape index (κ2) is 10.9. The molecule has 1 aromatic heterocycles. The predicted octanol–water partition coefficient (Wildman–Crippen LogP) is 5.61. The summed E-state index contributed by atoms with van der Waals surface area (Å²) in [5, 5.41) is 1.58. The highest BCUT2D eigenvalue weighted by Gasteiger charge is 2.24. The lowest BCUT2D eigenvalue weighted by Gasteiger charge is -2.26. The zero-order valence-corrected chi connectivity index (χ0v) is 22.6. The molecule has 2 heterocycles. The fraction of sp³-hybridized carbons (Fsp3) is 0.433. The summed E-state index contributed by atoms with van der Waals surface area (Å²) in [4.78, 5) is 7.28. The van der Waals surface area contributed by atoms with Gasteiger partial charge in [-0.15, -0.1) is 0 Å². The van der Waals surface area contributed by atoms with Gasteiger partial charge in [0.2, 0.25) is 0 Å². The van der Waals surface area contributed by atoms with E-state index in [0.29, 0.717) is 0 Å². The Morgan fingerprint density at radius 3 is 2.58 bits per heavy atom. The van der Waals surface area contributed by atoms with Crippen LogP contribution in [0.5, 0.6) is 5.75 Å². The number of aromatic nitrogens is 1. The Morgan fingerprint density at radius 2 is 1.89 bits per heavy atom. The van der Waals surface area contributed by atoms with E-state index in [4.69, 9.17) is 21.3 Å². The van der Waals surface area contributed by atoms with E-state index in [1.165, 1.54) is 22.3 Å². The van der Waals surface area contributed by atoms with Crippen molar-refractivity contribution in [1.82, 2.24) is 9.88 Å². The number of nitrogens with two attached hydrogens (primary N) is 2. The normalized spacial score (nSPS) is 16.7. The second-order valence-electron chi connectivity index (χ2n) is 10.2. The molecule has 0 saturated heterocycles. The largest absolute Gasteiger partial charge is 0.487 e. The smallest absolute Gasteiger partial charge is 0.142 e. The van der Waals surface area contributed by atoms with Crippen LogP contribution in [0.15, 0.2) is 42.5 Å². The van der Waals surface area contributed by atoms with Gasteiger partial charge in [-0.05, 0) is 79.6 Å². The van der Waals surface area contributed by atoms with Gasteiger partial charge in [-0.25, -0.2) is 5.84 Å². The standard InChI is InChI=1S/C30H41N5O/c1-7-24-17-35(18-27-29(36-24)14-10-20(4)33-27)16-23-15-22(11-9-19(23)3)25(8-2)26-12-13-28(34(6)32)30(31)21(26)5/h9-15,24-25H,7-8,16-18,31-32H2,1-6H3/t24?,25-/m1/s1. The van der Waals surface area contributed by atoms with Gasteiger partial charge in [-0.2, -0.15) is 0 Å². The van der Waals surface area contributed by atoms with Crippen LogP contribution in [-0.4, -0.2) is 29.6 Å². The van der Waals surface area contributed by atoms with Gasteiger partial charge in [0.15, 0.2) is 0 Å². The Bertz CT molecular complexity index is 1220. The molecule has 0 bridgehead atoms. The number of nitrogens with zero attached hydrogens (tertiary/aromatic N) is 3.